The number of ether oxygens (including phenoxy) is 1. The maximum absolute atomic E-state index is 12.1. The molecule has 184 valence electrons. The summed E-state index contributed by atoms with van der Waals surface area (Å²) in [7, 11) is 2.02. The minimum atomic E-state index is -4.37. The van der Waals surface area contributed by atoms with E-state index in [0.29, 0.717) is 18.8 Å². The molecular formula is C24H20F3N7O2. The van der Waals surface area contributed by atoms with Crippen molar-refractivity contribution in [3.8, 4) is 11.6 Å². The van der Waals surface area contributed by atoms with Gasteiger partial charge in [0.05, 0.1) is 24.0 Å². The molecule has 0 aliphatic rings. The first-order valence-corrected chi connectivity index (χ1v) is 10.6. The molecule has 1 N–H and O–H groups in total. The number of aromatic nitrogens is 6. The fraction of sp³-hybridized carbons (Fsp3) is 0.125. The zero-order chi connectivity index (χ0) is 25.5. The highest BCUT2D eigenvalue weighted by Gasteiger charge is 2.30. The van der Waals surface area contributed by atoms with E-state index in [-0.39, 0.29) is 5.69 Å². The maximum atomic E-state index is 12.1. The Hall–Kier alpha value is -4.74. The van der Waals surface area contributed by atoms with Crippen LogP contribution < -0.4 is 10.1 Å². The molecule has 0 unspecified atom stereocenters. The fourth-order valence-corrected chi connectivity index (χ4v) is 3.30. The van der Waals surface area contributed by atoms with Crippen LogP contribution in [-0.4, -0.2) is 35.9 Å². The van der Waals surface area contributed by atoms with Crippen LogP contribution in [0, 0.1) is 0 Å². The van der Waals surface area contributed by atoms with Crippen LogP contribution in [0.15, 0.2) is 79.5 Å². The van der Waals surface area contributed by atoms with Crippen LogP contribution in [0.3, 0.4) is 0 Å². The third-order valence-corrected chi connectivity index (χ3v) is 4.99. The van der Waals surface area contributed by atoms with Crippen LogP contribution in [0.25, 0.3) is 10.9 Å². The van der Waals surface area contributed by atoms with Gasteiger partial charge in [-0.1, -0.05) is 11.3 Å². The van der Waals surface area contributed by atoms with Crippen molar-refractivity contribution in [2.75, 3.05) is 5.32 Å². The van der Waals surface area contributed by atoms with E-state index < -0.39 is 11.7 Å². The van der Waals surface area contributed by atoms with E-state index in [1.807, 2.05) is 31.4 Å². The van der Waals surface area contributed by atoms with Crippen LogP contribution in [0.2, 0.25) is 0 Å². The molecule has 1 amide bonds. The van der Waals surface area contributed by atoms with Gasteiger partial charge in [0.1, 0.15) is 12.1 Å². The van der Waals surface area contributed by atoms with E-state index in [4.69, 9.17) is 4.74 Å². The number of fused-ring (bicyclic) bond motifs is 1. The molecule has 3 aromatic heterocycles. The topological polar surface area (TPSA) is 99.8 Å². The molecule has 0 atom stereocenters. The zero-order valence-electron chi connectivity index (χ0n) is 18.9. The van der Waals surface area contributed by atoms with Gasteiger partial charge in [0.2, 0.25) is 12.3 Å². The van der Waals surface area contributed by atoms with Gasteiger partial charge >= 0.3 is 6.18 Å². The molecule has 9 nitrogen and oxygen atoms in total. The standard InChI is InChI=1S/C16H14N6O.C8H6F3NO/c1-21-6-4-12-8-14(2-3-15(12)21)23-16-9-13(17-11-18-16)10-22-7-5-19-20-22;9-8(10,11)6-2-1-3-7(4-6)12-5-13/h2-9,11H,10H2,1H3;1-5H,(H,12,13). The van der Waals surface area contributed by atoms with E-state index in [1.165, 1.54) is 18.5 Å². The van der Waals surface area contributed by atoms with Crippen molar-refractivity contribution in [2.45, 2.75) is 12.7 Å². The summed E-state index contributed by atoms with van der Waals surface area (Å²) in [5.74, 6) is 1.25. The highest BCUT2D eigenvalue weighted by atomic mass is 19.4. The van der Waals surface area contributed by atoms with Crippen molar-refractivity contribution in [3.63, 3.8) is 0 Å². The second-order valence-corrected chi connectivity index (χ2v) is 7.54. The number of amides is 1. The maximum Gasteiger partial charge on any atom is 0.416 e. The summed E-state index contributed by atoms with van der Waals surface area (Å²) in [6, 6.07) is 14.2. The van der Waals surface area contributed by atoms with Crippen LogP contribution in [0.5, 0.6) is 11.6 Å². The van der Waals surface area contributed by atoms with Gasteiger partial charge in [-0.2, -0.15) is 13.2 Å². The van der Waals surface area contributed by atoms with Crippen molar-refractivity contribution in [1.29, 1.82) is 0 Å². The van der Waals surface area contributed by atoms with Gasteiger partial charge in [0, 0.05) is 42.1 Å². The van der Waals surface area contributed by atoms with E-state index in [9.17, 15) is 18.0 Å². The normalized spacial score (nSPS) is 11.0. The Morgan fingerprint density at radius 2 is 1.92 bits per heavy atom. The Morgan fingerprint density at radius 3 is 2.67 bits per heavy atom. The average Bonchev–Trinajstić information content (AvgIpc) is 3.49. The molecule has 0 radical (unpaired) electrons. The van der Waals surface area contributed by atoms with Gasteiger partial charge in [0.25, 0.3) is 0 Å². The zero-order valence-corrected chi connectivity index (χ0v) is 18.9. The molecule has 0 aliphatic heterocycles. The number of nitrogens with zero attached hydrogens (tertiary/aromatic N) is 6. The number of carbonyl (C=O) groups excluding carboxylic acids is 1. The lowest BCUT2D eigenvalue weighted by molar-refractivity contribution is -0.137. The number of hydrogen-bond donors (Lipinski definition) is 1. The average molecular weight is 495 g/mol. The predicted octanol–water partition coefficient (Wildman–Crippen LogP) is 4.67. The smallest absolute Gasteiger partial charge is 0.416 e. The van der Waals surface area contributed by atoms with E-state index in [2.05, 4.69) is 36.2 Å². The Morgan fingerprint density at radius 1 is 1.06 bits per heavy atom. The lowest BCUT2D eigenvalue weighted by Gasteiger charge is -2.07. The molecule has 0 saturated carbocycles. The number of nitrogens with one attached hydrogen (secondary N) is 1. The molecule has 0 spiro atoms. The predicted molar refractivity (Wildman–Crippen MR) is 125 cm³/mol. The quantitative estimate of drug-likeness (QED) is 0.344. The number of hydrogen-bond acceptors (Lipinski definition) is 6. The molecule has 3 heterocycles. The van der Waals surface area contributed by atoms with E-state index in [1.54, 1.807) is 23.1 Å². The van der Waals surface area contributed by atoms with Crippen LogP contribution in [0.4, 0.5) is 18.9 Å². The van der Waals surface area contributed by atoms with Crippen molar-refractivity contribution in [3.05, 3.63) is 90.8 Å². The number of halogens is 3. The molecule has 12 heteroatoms. The third kappa shape index (κ3) is 6.23. The Bertz CT molecular complexity index is 1450. The van der Waals surface area contributed by atoms with Gasteiger partial charge in [0.15, 0.2) is 0 Å². The Kier molecular flexibility index (Phi) is 7.23. The van der Waals surface area contributed by atoms with Gasteiger partial charge in [-0.3, -0.25) is 4.79 Å². The van der Waals surface area contributed by atoms with E-state index >= 15 is 0 Å². The van der Waals surface area contributed by atoms with Gasteiger partial charge in [-0.15, -0.1) is 5.10 Å². The largest absolute Gasteiger partial charge is 0.439 e. The third-order valence-electron chi connectivity index (χ3n) is 4.99. The van der Waals surface area contributed by atoms with Gasteiger partial charge in [-0.05, 0) is 42.5 Å². The summed E-state index contributed by atoms with van der Waals surface area (Å²) in [5.41, 5.74) is 1.32. The molecule has 0 aliphatic carbocycles. The number of rotatable bonds is 6. The molecule has 2 aromatic carbocycles. The van der Waals surface area contributed by atoms with Gasteiger partial charge < -0.3 is 14.6 Å². The molecule has 5 rings (SSSR count). The van der Waals surface area contributed by atoms with Crippen LogP contribution in [-0.2, 0) is 24.6 Å². The van der Waals surface area contributed by atoms with Crippen LogP contribution >= 0.6 is 0 Å². The second-order valence-electron chi connectivity index (χ2n) is 7.54. The highest BCUT2D eigenvalue weighted by molar-refractivity contribution is 5.81. The molecule has 5 aromatic rings. The minimum Gasteiger partial charge on any atom is -0.439 e. The lowest BCUT2D eigenvalue weighted by atomic mass is 10.2. The number of anilines is 1. The summed E-state index contributed by atoms with van der Waals surface area (Å²) in [5, 5.41) is 11.0. The summed E-state index contributed by atoms with van der Waals surface area (Å²) in [6.07, 6.45) is 2.88. The van der Waals surface area contributed by atoms with Gasteiger partial charge in [-0.25, -0.2) is 14.6 Å². The van der Waals surface area contributed by atoms with Crippen molar-refractivity contribution in [1.82, 2.24) is 29.5 Å². The summed E-state index contributed by atoms with van der Waals surface area (Å²) >= 11 is 0. The Balaban J connectivity index is 0.000000200. The molecule has 0 bridgehead atoms. The first-order chi connectivity index (χ1) is 17.3. The summed E-state index contributed by atoms with van der Waals surface area (Å²) in [6.45, 7) is 0.524. The van der Waals surface area contributed by atoms with E-state index in [0.717, 1.165) is 34.5 Å². The molecule has 0 saturated heterocycles. The number of benzene rings is 2. The monoisotopic (exact) mass is 495 g/mol. The van der Waals surface area contributed by atoms with Crippen molar-refractivity contribution < 1.29 is 22.7 Å². The second kappa shape index (κ2) is 10.7. The minimum absolute atomic E-state index is 0.129. The summed E-state index contributed by atoms with van der Waals surface area (Å²) in [4.78, 5) is 18.3. The first-order valence-electron chi connectivity index (χ1n) is 10.6. The molecular weight excluding hydrogens is 475 g/mol. The lowest BCUT2D eigenvalue weighted by Crippen LogP contribution is -2.05. The molecule has 36 heavy (non-hydrogen) atoms. The SMILES string of the molecule is Cn1ccc2cc(Oc3cc(Cn4ccnn4)ncn3)ccc21.O=CNc1cccc(C(F)(F)F)c1. The van der Waals surface area contributed by atoms with Crippen molar-refractivity contribution in [2.24, 2.45) is 7.05 Å². The first kappa shape index (κ1) is 24.4. The fourth-order valence-electron chi connectivity index (χ4n) is 3.30. The van der Waals surface area contributed by atoms with Crippen molar-refractivity contribution >= 4 is 23.0 Å². The molecule has 0 fully saturated rings. The Labute approximate surface area is 203 Å². The number of carbonyl (C=O) groups is 1. The number of alkyl halides is 3. The number of aryl methyl sites for hydroxylation is 1. The highest BCUT2D eigenvalue weighted by Crippen LogP contribution is 2.30. The summed E-state index contributed by atoms with van der Waals surface area (Å²) < 4.78 is 45.9. The van der Waals surface area contributed by atoms with Crippen LogP contribution in [0.1, 0.15) is 11.3 Å².